The summed E-state index contributed by atoms with van der Waals surface area (Å²) in [5.41, 5.74) is -0.822. The van der Waals surface area contributed by atoms with Gasteiger partial charge in [0.25, 0.3) is 0 Å². The molecule has 0 aliphatic heterocycles. The van der Waals surface area contributed by atoms with Crippen LogP contribution in [0.5, 0.6) is 0 Å². The predicted molar refractivity (Wildman–Crippen MR) is 61.2 cm³/mol. The smallest absolute Gasteiger partial charge is 0.417 e. The van der Waals surface area contributed by atoms with Gasteiger partial charge in [-0.25, -0.2) is 0 Å². The van der Waals surface area contributed by atoms with Crippen molar-refractivity contribution in [2.75, 3.05) is 0 Å². The molecule has 0 fully saturated rings. The molecule has 4 nitrogen and oxygen atoms in total. The number of furan rings is 1. The number of carboxylic acid groups (broad SMARTS) is 1. The Morgan fingerprint density at radius 3 is 2.63 bits per heavy atom. The Labute approximate surface area is 113 Å². The van der Waals surface area contributed by atoms with Crippen molar-refractivity contribution in [2.45, 2.75) is 12.7 Å². The number of amides is 1. The van der Waals surface area contributed by atoms with Gasteiger partial charge in [-0.3, -0.25) is 0 Å². The van der Waals surface area contributed by atoms with E-state index >= 15 is 0 Å². The molecule has 0 saturated carbocycles. The van der Waals surface area contributed by atoms with E-state index in [0.717, 1.165) is 12.1 Å². The lowest BCUT2D eigenvalue weighted by Crippen LogP contribution is -2.35. The van der Waals surface area contributed by atoms with Crippen LogP contribution < -0.4 is 10.4 Å². The van der Waals surface area contributed by atoms with Crippen LogP contribution in [0.1, 0.15) is 11.3 Å². The number of alkyl halides is 3. The summed E-state index contributed by atoms with van der Waals surface area (Å²) >= 11 is 2.97. The summed E-state index contributed by atoms with van der Waals surface area (Å²) in [6.45, 7) is -0.258. The fraction of sp³-hybridized carbons (Fsp3) is 0.182. The Bertz CT molecular complexity index is 636. The first-order valence-corrected chi connectivity index (χ1v) is 5.80. The average molecular weight is 337 g/mol. The third kappa shape index (κ3) is 3.01. The Morgan fingerprint density at radius 2 is 2.05 bits per heavy atom. The fourth-order valence-corrected chi connectivity index (χ4v) is 2.08. The topological polar surface area (TPSA) is 65.3 Å². The predicted octanol–water partition coefficient (Wildman–Crippen LogP) is 2.65. The largest absolute Gasteiger partial charge is 0.530 e. The maximum atomic E-state index is 12.8. The second kappa shape index (κ2) is 4.76. The van der Waals surface area contributed by atoms with E-state index in [0.29, 0.717) is 0 Å². The van der Waals surface area contributed by atoms with Crippen molar-refractivity contribution in [1.82, 2.24) is 5.32 Å². The zero-order valence-electron chi connectivity index (χ0n) is 9.18. The molecule has 0 aliphatic carbocycles. The lowest BCUT2D eigenvalue weighted by Gasteiger charge is -2.07. The van der Waals surface area contributed by atoms with Crippen molar-refractivity contribution < 1.29 is 27.5 Å². The van der Waals surface area contributed by atoms with Gasteiger partial charge >= 0.3 is 6.18 Å². The number of nitrogens with one attached hydrogen (secondary N) is 1. The van der Waals surface area contributed by atoms with E-state index in [1.807, 2.05) is 5.32 Å². The van der Waals surface area contributed by atoms with Crippen LogP contribution in [0.4, 0.5) is 18.0 Å². The van der Waals surface area contributed by atoms with E-state index in [4.69, 9.17) is 4.42 Å². The summed E-state index contributed by atoms with van der Waals surface area (Å²) in [5.74, 6) is 0.0720. The van der Waals surface area contributed by atoms with Crippen LogP contribution in [0.3, 0.4) is 0 Å². The molecule has 1 aromatic heterocycles. The maximum Gasteiger partial charge on any atom is 0.417 e. The van der Waals surface area contributed by atoms with Crippen LogP contribution in [-0.2, 0) is 12.7 Å². The lowest BCUT2D eigenvalue weighted by atomic mass is 10.1. The number of fused-ring (bicyclic) bond motifs is 1. The number of rotatable bonds is 2. The van der Waals surface area contributed by atoms with Crippen molar-refractivity contribution in [3.8, 4) is 0 Å². The van der Waals surface area contributed by atoms with E-state index in [2.05, 4.69) is 15.9 Å². The summed E-state index contributed by atoms with van der Waals surface area (Å²) in [4.78, 5) is 10.2. The van der Waals surface area contributed by atoms with Crippen LogP contribution in [0, 0.1) is 0 Å². The molecule has 1 amide bonds. The first-order valence-electron chi connectivity index (χ1n) is 5.01. The number of hydrogen-bond acceptors (Lipinski definition) is 3. The third-order valence-electron chi connectivity index (χ3n) is 2.37. The first kappa shape index (κ1) is 13.7. The molecule has 0 unspecified atom stereocenters. The molecule has 1 aromatic carbocycles. The molecule has 19 heavy (non-hydrogen) atoms. The van der Waals surface area contributed by atoms with Crippen molar-refractivity contribution in [1.29, 1.82) is 0 Å². The van der Waals surface area contributed by atoms with Crippen LogP contribution in [-0.4, -0.2) is 6.09 Å². The standard InChI is InChI=1S/C11H7BrF3NO3/c12-5-1-8(11(13,14)15)7-3-6(4-16-10(17)18)19-9(7)2-5/h1-3,16H,4H2,(H,17,18)/p-1. The quantitative estimate of drug-likeness (QED) is 0.916. The number of carbonyl (C=O) groups is 1. The van der Waals surface area contributed by atoms with Gasteiger partial charge in [-0.15, -0.1) is 0 Å². The van der Waals surface area contributed by atoms with Crippen LogP contribution in [0.15, 0.2) is 27.1 Å². The number of halogens is 4. The molecule has 1 heterocycles. The molecule has 2 aromatic rings. The second-order valence-electron chi connectivity index (χ2n) is 3.72. The average Bonchev–Trinajstić information content (AvgIpc) is 2.66. The number of carbonyl (C=O) groups excluding carboxylic acids is 1. The Morgan fingerprint density at radius 1 is 1.37 bits per heavy atom. The minimum absolute atomic E-state index is 0.0249. The van der Waals surface area contributed by atoms with E-state index < -0.39 is 17.8 Å². The first-order chi connectivity index (χ1) is 8.77. The monoisotopic (exact) mass is 336 g/mol. The molecule has 0 atom stereocenters. The van der Waals surface area contributed by atoms with Gasteiger partial charge in [0.05, 0.1) is 12.1 Å². The fourth-order valence-electron chi connectivity index (χ4n) is 1.64. The Balaban J connectivity index is 2.49. The SMILES string of the molecule is O=C([O-])NCc1cc2c(C(F)(F)F)cc(Br)cc2o1. The van der Waals surface area contributed by atoms with E-state index in [-0.39, 0.29) is 27.7 Å². The molecule has 8 heteroatoms. The Kier molecular flexibility index (Phi) is 3.44. The van der Waals surface area contributed by atoms with Gasteiger partial charge in [0, 0.05) is 9.86 Å². The minimum atomic E-state index is -4.52. The molecule has 0 spiro atoms. The Hall–Kier alpha value is -1.70. The summed E-state index contributed by atoms with van der Waals surface area (Å²) in [6, 6.07) is 3.47. The van der Waals surface area contributed by atoms with E-state index in [9.17, 15) is 23.1 Å². The van der Waals surface area contributed by atoms with Crippen LogP contribution >= 0.6 is 15.9 Å². The summed E-state index contributed by atoms with van der Waals surface area (Å²) in [6.07, 6.45) is -6.05. The van der Waals surface area contributed by atoms with Gasteiger partial charge in [-0.2, -0.15) is 13.2 Å². The van der Waals surface area contributed by atoms with Gasteiger partial charge in [-0.1, -0.05) is 15.9 Å². The summed E-state index contributed by atoms with van der Waals surface area (Å²) in [7, 11) is 0. The maximum absolute atomic E-state index is 12.8. The zero-order valence-corrected chi connectivity index (χ0v) is 10.8. The van der Waals surface area contributed by atoms with Gasteiger partial charge in [0.15, 0.2) is 0 Å². The van der Waals surface area contributed by atoms with Crippen molar-refractivity contribution in [2.24, 2.45) is 0 Å². The molecule has 2 rings (SSSR count). The van der Waals surface area contributed by atoms with Crippen LogP contribution in [0.2, 0.25) is 0 Å². The molecule has 0 bridgehead atoms. The molecule has 102 valence electrons. The molecular formula is C11H6BrF3NO3-. The second-order valence-corrected chi connectivity index (χ2v) is 4.63. The number of hydrogen-bond donors (Lipinski definition) is 1. The highest BCUT2D eigenvalue weighted by Crippen LogP contribution is 2.38. The van der Waals surface area contributed by atoms with E-state index in [1.165, 1.54) is 6.07 Å². The number of benzene rings is 1. The molecular weight excluding hydrogens is 331 g/mol. The van der Waals surface area contributed by atoms with Gasteiger partial charge in [0.2, 0.25) is 0 Å². The summed E-state index contributed by atoms with van der Waals surface area (Å²) < 4.78 is 43.9. The van der Waals surface area contributed by atoms with Gasteiger partial charge in [0.1, 0.15) is 17.4 Å². The van der Waals surface area contributed by atoms with Crippen molar-refractivity contribution >= 4 is 33.0 Å². The molecule has 0 radical (unpaired) electrons. The van der Waals surface area contributed by atoms with Gasteiger partial charge in [-0.05, 0) is 18.2 Å². The highest BCUT2D eigenvalue weighted by atomic mass is 79.9. The lowest BCUT2D eigenvalue weighted by molar-refractivity contribution is -0.251. The van der Waals surface area contributed by atoms with Crippen molar-refractivity contribution in [3.05, 3.63) is 34.0 Å². The minimum Gasteiger partial charge on any atom is -0.530 e. The molecule has 1 N–H and O–H groups in total. The molecule has 0 saturated heterocycles. The zero-order chi connectivity index (χ0) is 14.2. The third-order valence-corrected chi connectivity index (χ3v) is 2.82. The van der Waals surface area contributed by atoms with Gasteiger partial charge < -0.3 is 19.6 Å². The van der Waals surface area contributed by atoms with Crippen LogP contribution in [0.25, 0.3) is 11.0 Å². The van der Waals surface area contributed by atoms with E-state index in [1.54, 1.807) is 0 Å². The molecule has 0 aliphatic rings. The normalized spacial score (nSPS) is 11.8. The summed E-state index contributed by atoms with van der Waals surface area (Å²) in [5, 5.41) is 12.0. The highest BCUT2D eigenvalue weighted by molar-refractivity contribution is 9.10. The highest BCUT2D eigenvalue weighted by Gasteiger charge is 2.33. The van der Waals surface area contributed by atoms with Crippen molar-refractivity contribution in [3.63, 3.8) is 0 Å².